The molecule has 138 valence electrons. The van der Waals surface area contributed by atoms with Gasteiger partial charge in [-0.3, -0.25) is 0 Å². The Morgan fingerprint density at radius 1 is 1.28 bits per heavy atom. The standard InChI is InChI=1S/C19H29N3O3/c1-18(2,3)25-17(23)22-13-11-19(12-14-22,16(20)21-24)10-9-15-7-5-4-6-8-15/h4-8,24H,9-14H2,1-3H3,(H2,20,21). The molecule has 1 saturated heterocycles. The highest BCUT2D eigenvalue weighted by molar-refractivity contribution is 5.86. The fourth-order valence-corrected chi connectivity index (χ4v) is 3.21. The van der Waals surface area contributed by atoms with Crippen molar-refractivity contribution in [1.29, 1.82) is 0 Å². The van der Waals surface area contributed by atoms with Crippen LogP contribution in [0.5, 0.6) is 0 Å². The molecule has 6 nitrogen and oxygen atoms in total. The maximum atomic E-state index is 12.2. The number of ether oxygens (including phenoxy) is 1. The minimum Gasteiger partial charge on any atom is -0.444 e. The zero-order chi connectivity index (χ0) is 18.5. The van der Waals surface area contributed by atoms with Crippen LogP contribution in [0.15, 0.2) is 35.5 Å². The molecule has 1 aromatic carbocycles. The zero-order valence-corrected chi connectivity index (χ0v) is 15.4. The Balaban J connectivity index is 2.02. The van der Waals surface area contributed by atoms with Crippen molar-refractivity contribution in [2.24, 2.45) is 16.3 Å². The van der Waals surface area contributed by atoms with Gasteiger partial charge in [0, 0.05) is 18.5 Å². The first-order chi connectivity index (χ1) is 11.8. The Hall–Kier alpha value is -2.24. The van der Waals surface area contributed by atoms with Crippen LogP contribution in [0.25, 0.3) is 0 Å². The van der Waals surface area contributed by atoms with Crippen LogP contribution in [0.1, 0.15) is 45.6 Å². The molecule has 0 radical (unpaired) electrons. The fraction of sp³-hybridized carbons (Fsp3) is 0.579. The van der Waals surface area contributed by atoms with Crippen molar-refractivity contribution >= 4 is 11.9 Å². The van der Waals surface area contributed by atoms with Crippen LogP contribution in [0, 0.1) is 5.41 Å². The number of amidine groups is 1. The maximum Gasteiger partial charge on any atom is 0.410 e. The molecular formula is C19H29N3O3. The first-order valence-corrected chi connectivity index (χ1v) is 8.76. The molecule has 1 aliphatic rings. The number of nitrogens with zero attached hydrogens (tertiary/aromatic N) is 2. The highest BCUT2D eigenvalue weighted by Gasteiger charge is 2.40. The van der Waals surface area contributed by atoms with Gasteiger partial charge in [0.1, 0.15) is 11.4 Å². The van der Waals surface area contributed by atoms with Gasteiger partial charge in [0.05, 0.1) is 0 Å². The molecule has 0 bridgehead atoms. The Morgan fingerprint density at radius 2 is 1.88 bits per heavy atom. The smallest absolute Gasteiger partial charge is 0.410 e. The Morgan fingerprint density at radius 3 is 2.40 bits per heavy atom. The lowest BCUT2D eigenvalue weighted by Gasteiger charge is -2.41. The molecule has 0 aromatic heterocycles. The molecular weight excluding hydrogens is 318 g/mol. The van der Waals surface area contributed by atoms with Gasteiger partial charge in [-0.15, -0.1) is 0 Å². The monoisotopic (exact) mass is 347 g/mol. The molecule has 6 heteroatoms. The van der Waals surface area contributed by atoms with Gasteiger partial charge in [-0.2, -0.15) is 0 Å². The molecule has 1 fully saturated rings. The summed E-state index contributed by atoms with van der Waals surface area (Å²) < 4.78 is 5.44. The van der Waals surface area contributed by atoms with E-state index in [1.165, 1.54) is 5.56 Å². The molecule has 0 spiro atoms. The molecule has 1 amide bonds. The average molecular weight is 347 g/mol. The molecule has 3 N–H and O–H groups in total. The van der Waals surface area contributed by atoms with Crippen molar-refractivity contribution in [3.05, 3.63) is 35.9 Å². The molecule has 1 aromatic rings. The van der Waals surface area contributed by atoms with Crippen molar-refractivity contribution in [3.8, 4) is 0 Å². The van der Waals surface area contributed by atoms with E-state index < -0.39 is 5.60 Å². The fourth-order valence-electron chi connectivity index (χ4n) is 3.21. The summed E-state index contributed by atoms with van der Waals surface area (Å²) in [6, 6.07) is 10.2. The number of hydrogen-bond donors (Lipinski definition) is 2. The van der Waals surface area contributed by atoms with Gasteiger partial charge < -0.3 is 20.6 Å². The quantitative estimate of drug-likeness (QED) is 0.378. The third-order valence-corrected chi connectivity index (χ3v) is 4.76. The van der Waals surface area contributed by atoms with Gasteiger partial charge in [-0.1, -0.05) is 35.5 Å². The maximum absolute atomic E-state index is 12.2. The molecule has 25 heavy (non-hydrogen) atoms. The van der Waals surface area contributed by atoms with Gasteiger partial charge in [0.15, 0.2) is 0 Å². The van der Waals surface area contributed by atoms with Crippen LogP contribution in [-0.2, 0) is 11.2 Å². The summed E-state index contributed by atoms with van der Waals surface area (Å²) >= 11 is 0. The van der Waals surface area contributed by atoms with Crippen molar-refractivity contribution in [1.82, 2.24) is 4.90 Å². The van der Waals surface area contributed by atoms with Crippen molar-refractivity contribution in [3.63, 3.8) is 0 Å². The molecule has 1 aliphatic heterocycles. The molecule has 0 unspecified atom stereocenters. The third-order valence-electron chi connectivity index (χ3n) is 4.76. The van der Waals surface area contributed by atoms with Crippen molar-refractivity contribution in [2.75, 3.05) is 13.1 Å². The van der Waals surface area contributed by atoms with E-state index in [-0.39, 0.29) is 17.3 Å². The number of likely N-dealkylation sites (tertiary alicyclic amines) is 1. The Bertz CT molecular complexity index is 600. The second-order valence-electron chi connectivity index (χ2n) is 7.72. The number of rotatable bonds is 4. The first kappa shape index (κ1) is 19.1. The Kier molecular flexibility index (Phi) is 5.93. The predicted octanol–water partition coefficient (Wildman–Crippen LogP) is 3.38. The highest BCUT2D eigenvalue weighted by Crippen LogP contribution is 2.37. The van der Waals surface area contributed by atoms with Crippen LogP contribution in [-0.4, -0.2) is 40.7 Å². The number of oxime groups is 1. The lowest BCUT2D eigenvalue weighted by molar-refractivity contribution is 0.0148. The van der Waals surface area contributed by atoms with Gasteiger partial charge in [-0.25, -0.2) is 4.79 Å². The van der Waals surface area contributed by atoms with E-state index in [0.717, 1.165) is 12.8 Å². The summed E-state index contributed by atoms with van der Waals surface area (Å²) in [7, 11) is 0. The van der Waals surface area contributed by atoms with E-state index in [2.05, 4.69) is 17.3 Å². The summed E-state index contributed by atoms with van der Waals surface area (Å²) in [6.45, 7) is 6.65. The normalized spacial score (nSPS) is 18.0. The van der Waals surface area contributed by atoms with Crippen LogP contribution >= 0.6 is 0 Å². The zero-order valence-electron chi connectivity index (χ0n) is 15.4. The summed E-state index contributed by atoms with van der Waals surface area (Å²) in [6.07, 6.45) is 2.66. The number of nitrogens with two attached hydrogens (primary N) is 1. The number of amides is 1. The summed E-state index contributed by atoms with van der Waals surface area (Å²) in [5.74, 6) is 0.257. The number of hydrogen-bond acceptors (Lipinski definition) is 4. The van der Waals surface area contributed by atoms with Gasteiger partial charge in [-0.05, 0) is 52.0 Å². The molecule has 0 aliphatic carbocycles. The van der Waals surface area contributed by atoms with Gasteiger partial charge >= 0.3 is 6.09 Å². The second kappa shape index (κ2) is 7.76. The van der Waals surface area contributed by atoms with Gasteiger partial charge in [0.2, 0.25) is 0 Å². The SMILES string of the molecule is CC(C)(C)OC(=O)N1CCC(CCc2ccccc2)(/C(N)=N\O)CC1. The minimum absolute atomic E-state index is 0.257. The van der Waals surface area contributed by atoms with E-state index in [1.54, 1.807) is 4.90 Å². The molecule has 0 atom stereocenters. The lowest BCUT2D eigenvalue weighted by atomic mass is 9.73. The van der Waals surface area contributed by atoms with E-state index in [1.807, 2.05) is 39.0 Å². The topological polar surface area (TPSA) is 88.2 Å². The van der Waals surface area contributed by atoms with Crippen LogP contribution < -0.4 is 5.73 Å². The van der Waals surface area contributed by atoms with Crippen molar-refractivity contribution in [2.45, 2.75) is 52.1 Å². The van der Waals surface area contributed by atoms with E-state index in [4.69, 9.17) is 10.5 Å². The van der Waals surface area contributed by atoms with E-state index >= 15 is 0 Å². The summed E-state index contributed by atoms with van der Waals surface area (Å²) in [5, 5.41) is 12.5. The highest BCUT2D eigenvalue weighted by atomic mass is 16.6. The summed E-state index contributed by atoms with van der Waals surface area (Å²) in [5.41, 5.74) is 6.36. The second-order valence-corrected chi connectivity index (χ2v) is 7.72. The van der Waals surface area contributed by atoms with Crippen LogP contribution in [0.3, 0.4) is 0 Å². The Labute approximate surface area is 149 Å². The number of aryl methyl sites for hydroxylation is 1. The largest absolute Gasteiger partial charge is 0.444 e. The van der Waals surface area contributed by atoms with Crippen LogP contribution in [0.4, 0.5) is 4.79 Å². The first-order valence-electron chi connectivity index (χ1n) is 8.76. The number of carbonyl (C=O) groups is 1. The third kappa shape index (κ3) is 5.11. The van der Waals surface area contributed by atoms with E-state index in [9.17, 15) is 10.0 Å². The average Bonchev–Trinajstić information content (AvgIpc) is 2.59. The molecule has 2 rings (SSSR count). The number of piperidine rings is 1. The van der Waals surface area contributed by atoms with Crippen LogP contribution in [0.2, 0.25) is 0 Å². The number of carbonyl (C=O) groups excluding carboxylic acids is 1. The number of benzene rings is 1. The van der Waals surface area contributed by atoms with E-state index in [0.29, 0.717) is 25.9 Å². The molecule has 0 saturated carbocycles. The molecule has 1 heterocycles. The predicted molar refractivity (Wildman–Crippen MR) is 97.6 cm³/mol. The van der Waals surface area contributed by atoms with Gasteiger partial charge in [0.25, 0.3) is 0 Å². The summed E-state index contributed by atoms with van der Waals surface area (Å²) in [4.78, 5) is 13.9. The lowest BCUT2D eigenvalue weighted by Crippen LogP contribution is -2.50. The van der Waals surface area contributed by atoms with Crippen molar-refractivity contribution < 1.29 is 14.7 Å². The minimum atomic E-state index is -0.509.